The third-order valence-corrected chi connectivity index (χ3v) is 17.1. The predicted molar refractivity (Wildman–Crippen MR) is 390 cm³/mol. The van der Waals surface area contributed by atoms with Crippen LogP contribution in [0.15, 0.2) is 212 Å². The van der Waals surface area contributed by atoms with Crippen LogP contribution in [0.2, 0.25) is 0 Å². The number of hydrogen-bond donors (Lipinski definition) is 1. The van der Waals surface area contributed by atoms with Crippen molar-refractivity contribution in [2.45, 2.75) is 103 Å². The maximum atomic E-state index is 12.6. The van der Waals surface area contributed by atoms with Gasteiger partial charge in [0, 0.05) is 47.4 Å². The molecule has 15 nitrogen and oxygen atoms in total. The standard InChI is InChI=1S/C45H46N2O6S.C37H39ClO7/c1-4-16-35-39(23-14-24-40(35)53-41-22-13-12-21-36(41)44(48)49-3)50-25-15-26-51-42-28-43(52-30-32-17-8-6-9-18-32)37(27-34(42)5-2)38-29-46-45(47-38)54-31-33-19-10-7-11-20-33;1-4-13-28-32(18-11-19-33(28)45-34-17-10-9-16-29(34)37(40)41-3)42-20-12-21-43-35-23-36(44-25-26-14-7-6-8-15-26)30(31(39)24-38)22-27(35)5-2/h6-14,17-24,27-29H,4-5,15-16,25-26,30-31H2,1-3H3,(H,46,47);6-11,14-19,22-23H,4-5,12-13,20-21,24-25H2,1-3H3. The van der Waals surface area contributed by atoms with Gasteiger partial charge in [0.15, 0.2) is 10.9 Å². The Labute approximate surface area is 590 Å². The molecule has 10 rings (SSSR count). The van der Waals surface area contributed by atoms with Gasteiger partial charge in [0.05, 0.1) is 64.0 Å². The minimum atomic E-state index is -0.462. The van der Waals surface area contributed by atoms with Crippen LogP contribution in [0.3, 0.4) is 0 Å². The van der Waals surface area contributed by atoms with Crippen LogP contribution in [-0.4, -0.2) is 74.2 Å². The minimum absolute atomic E-state index is 0.132. The number of esters is 2. The van der Waals surface area contributed by atoms with Crippen molar-refractivity contribution in [3.63, 3.8) is 0 Å². The molecule has 0 atom stereocenters. The number of ketones is 1. The summed E-state index contributed by atoms with van der Waals surface area (Å²) in [6.07, 6.45) is 7.90. The van der Waals surface area contributed by atoms with E-state index in [0.29, 0.717) is 110 Å². The molecule has 0 aliphatic carbocycles. The molecule has 9 aromatic carbocycles. The summed E-state index contributed by atoms with van der Waals surface area (Å²) < 4.78 is 60.0. The van der Waals surface area contributed by atoms with Gasteiger partial charge in [-0.25, -0.2) is 14.6 Å². The Hall–Kier alpha value is -10.2. The molecule has 0 fully saturated rings. The summed E-state index contributed by atoms with van der Waals surface area (Å²) in [5, 5.41) is 0.853. The molecule has 0 spiro atoms. The number of nitrogens with zero attached hydrogens (tertiary/aromatic N) is 1. The van der Waals surface area contributed by atoms with E-state index < -0.39 is 11.9 Å². The van der Waals surface area contributed by atoms with Gasteiger partial charge in [-0.3, -0.25) is 4.79 Å². The number of imidazole rings is 1. The van der Waals surface area contributed by atoms with Crippen LogP contribution in [0.25, 0.3) is 11.3 Å². The molecule has 1 N–H and O–H groups in total. The number of hydrogen-bond acceptors (Lipinski definition) is 15. The molecule has 0 unspecified atom stereocenters. The fourth-order valence-electron chi connectivity index (χ4n) is 10.8. The second kappa shape index (κ2) is 38.7. The van der Waals surface area contributed by atoms with E-state index in [0.717, 1.165) is 111 Å². The molecule has 0 radical (unpaired) electrons. The van der Waals surface area contributed by atoms with E-state index in [2.05, 4.69) is 73.2 Å². The van der Waals surface area contributed by atoms with Crippen LogP contribution in [0.4, 0.5) is 0 Å². The molecule has 0 bridgehead atoms. The molecule has 0 aliphatic rings. The summed E-state index contributed by atoms with van der Waals surface area (Å²) in [5.41, 5.74) is 10.2. The monoisotopic (exact) mass is 1370 g/mol. The number of aryl methyl sites for hydroxylation is 2. The van der Waals surface area contributed by atoms with Gasteiger partial charge in [-0.1, -0.05) is 180 Å². The zero-order chi connectivity index (χ0) is 69.6. The molecule has 17 heteroatoms. The van der Waals surface area contributed by atoms with Crippen LogP contribution in [0, 0.1) is 0 Å². The van der Waals surface area contributed by atoms with Gasteiger partial charge in [-0.05, 0) is 114 Å². The van der Waals surface area contributed by atoms with Gasteiger partial charge in [0.1, 0.15) is 81.8 Å². The lowest BCUT2D eigenvalue weighted by molar-refractivity contribution is 0.0588. The number of aromatic amines is 1. The zero-order valence-corrected chi connectivity index (χ0v) is 58.6. The molecule has 0 saturated heterocycles. The van der Waals surface area contributed by atoms with E-state index in [1.807, 2.05) is 128 Å². The molecule has 1 aromatic heterocycles. The van der Waals surface area contributed by atoms with E-state index in [9.17, 15) is 14.4 Å². The number of rotatable bonds is 36. The lowest BCUT2D eigenvalue weighted by Crippen LogP contribution is -2.10. The molecule has 514 valence electrons. The van der Waals surface area contributed by atoms with E-state index in [1.54, 1.807) is 54.2 Å². The van der Waals surface area contributed by atoms with Gasteiger partial charge in [-0.15, -0.1) is 11.6 Å². The fraction of sp³-hybridized carbons (Fsp3) is 0.268. The van der Waals surface area contributed by atoms with Crippen molar-refractivity contribution < 1.29 is 61.8 Å². The zero-order valence-electron chi connectivity index (χ0n) is 57.0. The van der Waals surface area contributed by atoms with E-state index in [-0.39, 0.29) is 11.7 Å². The van der Waals surface area contributed by atoms with Gasteiger partial charge < -0.3 is 52.4 Å². The first-order chi connectivity index (χ1) is 48.5. The summed E-state index contributed by atoms with van der Waals surface area (Å²) in [5.74, 6) is 5.82. The highest BCUT2D eigenvalue weighted by Crippen LogP contribution is 2.40. The van der Waals surface area contributed by atoms with Crippen LogP contribution >= 0.6 is 23.4 Å². The van der Waals surface area contributed by atoms with Gasteiger partial charge in [0.2, 0.25) is 0 Å². The van der Waals surface area contributed by atoms with Crippen LogP contribution in [-0.2, 0) is 54.1 Å². The highest BCUT2D eigenvalue weighted by atomic mass is 35.5. The Morgan fingerprint density at radius 3 is 1.33 bits per heavy atom. The van der Waals surface area contributed by atoms with Crippen molar-refractivity contribution >= 4 is 41.1 Å². The average molecular weight is 1370 g/mol. The van der Waals surface area contributed by atoms with Crippen molar-refractivity contribution in [3.8, 4) is 68.8 Å². The van der Waals surface area contributed by atoms with Crippen molar-refractivity contribution in [3.05, 3.63) is 262 Å². The Morgan fingerprint density at radius 2 is 0.859 bits per heavy atom. The van der Waals surface area contributed by atoms with Crippen LogP contribution in [0.5, 0.6) is 57.5 Å². The lowest BCUT2D eigenvalue weighted by atomic mass is 10.0. The SMILES string of the molecule is CCCc1c(OCCCOc2cc(OCc3ccccc3)c(-c3cnc(SCc4ccccc4)[nH]3)cc2CC)cccc1Oc1ccccc1C(=O)OC.CCCc1c(OCCCOc2cc(OCc3ccccc3)c(C(=O)CCl)cc2CC)cccc1Oc1ccccc1C(=O)OC. The summed E-state index contributed by atoms with van der Waals surface area (Å²) >= 11 is 7.58. The maximum Gasteiger partial charge on any atom is 0.341 e. The second-order valence-corrected chi connectivity index (χ2v) is 24.1. The molecule has 0 saturated carbocycles. The van der Waals surface area contributed by atoms with Gasteiger partial charge >= 0.3 is 11.9 Å². The van der Waals surface area contributed by atoms with Crippen LogP contribution in [0.1, 0.15) is 123 Å². The third kappa shape index (κ3) is 20.9. The largest absolute Gasteiger partial charge is 0.493 e. The van der Waals surface area contributed by atoms with Gasteiger partial charge in [0.25, 0.3) is 0 Å². The number of Topliss-reactive ketones (excluding diaryl/α,β-unsaturated/α-hetero) is 1. The Morgan fingerprint density at radius 1 is 0.434 bits per heavy atom. The number of para-hydroxylation sites is 2. The quantitative estimate of drug-likeness (QED) is 0.0129. The number of thioether (sulfide) groups is 1. The van der Waals surface area contributed by atoms with E-state index in [4.69, 9.17) is 59.0 Å². The first-order valence-corrected chi connectivity index (χ1v) is 35.0. The number of ether oxygens (including phenoxy) is 10. The molecule has 0 aliphatic heterocycles. The molecular weight excluding hydrogens is 1290 g/mol. The van der Waals surface area contributed by atoms with Crippen LogP contribution < -0.4 is 37.9 Å². The third-order valence-electron chi connectivity index (χ3n) is 15.9. The number of aromatic nitrogens is 2. The fourth-order valence-corrected chi connectivity index (χ4v) is 11.7. The number of nitrogens with one attached hydrogen (secondary N) is 1. The number of carbonyl (C=O) groups is 3. The molecular formula is C82H85ClN2O13S. The summed E-state index contributed by atoms with van der Waals surface area (Å²) in [7, 11) is 2.71. The van der Waals surface area contributed by atoms with Crippen molar-refractivity contribution in [1.82, 2.24) is 9.97 Å². The lowest BCUT2D eigenvalue weighted by Gasteiger charge is -2.18. The van der Waals surface area contributed by atoms with Gasteiger partial charge in [-0.2, -0.15) is 0 Å². The smallest absolute Gasteiger partial charge is 0.341 e. The highest BCUT2D eigenvalue weighted by Gasteiger charge is 2.22. The topological polar surface area (TPSA) is 172 Å². The van der Waals surface area contributed by atoms with E-state index in [1.165, 1.54) is 19.8 Å². The van der Waals surface area contributed by atoms with Crippen molar-refractivity contribution in [1.29, 1.82) is 0 Å². The Kier molecular flexibility index (Phi) is 28.6. The predicted octanol–water partition coefficient (Wildman–Crippen LogP) is 19.5. The molecule has 0 amide bonds. The summed E-state index contributed by atoms with van der Waals surface area (Å²) in [6.45, 7) is 10.8. The number of benzene rings is 9. The Balaban J connectivity index is 0.000000235. The average Bonchev–Trinajstić information content (AvgIpc) is 1.72. The Bertz CT molecular complexity index is 4210. The minimum Gasteiger partial charge on any atom is -0.493 e. The highest BCUT2D eigenvalue weighted by molar-refractivity contribution is 7.98. The van der Waals surface area contributed by atoms with E-state index >= 15 is 0 Å². The molecule has 99 heavy (non-hydrogen) atoms. The number of carbonyl (C=O) groups excluding carboxylic acids is 3. The first kappa shape index (κ1) is 73.1. The second-order valence-electron chi connectivity index (χ2n) is 22.8. The number of H-pyrrole nitrogens is 1. The number of methoxy groups -OCH3 is 2. The summed E-state index contributed by atoms with van der Waals surface area (Å²) in [6, 6.07) is 63.5. The number of alkyl halides is 1. The maximum absolute atomic E-state index is 12.6. The normalized spacial score (nSPS) is 10.8. The molecule has 1 heterocycles. The van der Waals surface area contributed by atoms with Crippen molar-refractivity contribution in [2.75, 3.05) is 46.5 Å². The number of halogens is 1. The molecule has 10 aromatic rings. The van der Waals surface area contributed by atoms with Crippen molar-refractivity contribution in [2.24, 2.45) is 0 Å². The summed E-state index contributed by atoms with van der Waals surface area (Å²) in [4.78, 5) is 45.4. The first-order valence-electron chi connectivity index (χ1n) is 33.5.